The summed E-state index contributed by atoms with van der Waals surface area (Å²) in [6, 6.07) is 5.94. The van der Waals surface area contributed by atoms with Gasteiger partial charge in [0.05, 0.1) is 13.2 Å². The van der Waals surface area contributed by atoms with E-state index >= 15 is 0 Å². The third-order valence-electron chi connectivity index (χ3n) is 4.63. The van der Waals surface area contributed by atoms with Crippen LogP contribution in [0.5, 0.6) is 11.5 Å². The Balaban J connectivity index is 1.90. The zero-order valence-electron chi connectivity index (χ0n) is 12.2. The summed E-state index contributed by atoms with van der Waals surface area (Å²) in [6.07, 6.45) is 5.37. The molecule has 1 heterocycles. The van der Waals surface area contributed by atoms with Crippen molar-refractivity contribution in [2.75, 3.05) is 14.2 Å². The van der Waals surface area contributed by atoms with Crippen LogP contribution in [0.15, 0.2) is 18.2 Å². The zero-order chi connectivity index (χ0) is 14.2. The van der Waals surface area contributed by atoms with Gasteiger partial charge < -0.3 is 19.9 Å². The van der Waals surface area contributed by atoms with E-state index in [0.29, 0.717) is 0 Å². The Kier molecular flexibility index (Phi) is 3.61. The largest absolute Gasteiger partial charge is 0.497 e. The fourth-order valence-electron chi connectivity index (χ4n) is 3.57. The van der Waals surface area contributed by atoms with E-state index < -0.39 is 0 Å². The molecule has 0 radical (unpaired) electrons. The predicted octanol–water partition coefficient (Wildman–Crippen LogP) is 2.81. The molecule has 110 valence electrons. The second kappa shape index (κ2) is 5.26. The van der Waals surface area contributed by atoms with E-state index in [1.54, 1.807) is 14.2 Å². The van der Waals surface area contributed by atoms with E-state index in [0.717, 1.165) is 49.2 Å². The Morgan fingerprint density at radius 3 is 2.90 bits per heavy atom. The topological polar surface area (TPSA) is 53.7 Å². The van der Waals surface area contributed by atoms with Gasteiger partial charge in [0.15, 0.2) is 0 Å². The zero-order valence-corrected chi connectivity index (χ0v) is 12.2. The number of hydrogen-bond donors (Lipinski definition) is 1. The van der Waals surface area contributed by atoms with E-state index in [1.165, 1.54) is 0 Å². The van der Waals surface area contributed by atoms with Gasteiger partial charge in [-0.1, -0.05) is 6.07 Å². The number of rotatable bonds is 2. The number of fused-ring (bicyclic) bond motifs is 1. The third-order valence-corrected chi connectivity index (χ3v) is 4.63. The Bertz CT molecular complexity index is 491. The quantitative estimate of drug-likeness (QED) is 0.903. The molecule has 1 aliphatic heterocycles. The number of methoxy groups -OCH3 is 2. The van der Waals surface area contributed by atoms with Crippen molar-refractivity contribution in [3.63, 3.8) is 0 Å². The third kappa shape index (κ3) is 2.38. The van der Waals surface area contributed by atoms with Gasteiger partial charge in [-0.15, -0.1) is 0 Å². The van der Waals surface area contributed by atoms with Crippen LogP contribution in [-0.4, -0.2) is 25.9 Å². The fraction of sp³-hybridized carbons (Fsp3) is 0.625. The summed E-state index contributed by atoms with van der Waals surface area (Å²) in [5.74, 6) is 1.69. The van der Waals surface area contributed by atoms with Gasteiger partial charge >= 0.3 is 0 Å². The molecule has 1 fully saturated rings. The molecule has 0 bridgehead atoms. The van der Waals surface area contributed by atoms with Crippen molar-refractivity contribution >= 4 is 0 Å². The molecule has 1 saturated carbocycles. The van der Waals surface area contributed by atoms with Gasteiger partial charge in [-0.05, 0) is 25.3 Å². The molecule has 0 saturated heterocycles. The van der Waals surface area contributed by atoms with Crippen LogP contribution in [0, 0.1) is 0 Å². The first-order valence-electron chi connectivity index (χ1n) is 7.31. The highest BCUT2D eigenvalue weighted by Gasteiger charge is 2.43. The molecule has 1 aromatic rings. The van der Waals surface area contributed by atoms with Crippen LogP contribution < -0.4 is 15.2 Å². The number of ether oxygens (including phenoxy) is 3. The van der Waals surface area contributed by atoms with E-state index in [2.05, 4.69) is 0 Å². The summed E-state index contributed by atoms with van der Waals surface area (Å²) < 4.78 is 17.2. The molecule has 0 amide bonds. The maximum Gasteiger partial charge on any atom is 0.128 e. The van der Waals surface area contributed by atoms with Gasteiger partial charge in [-0.3, -0.25) is 0 Å². The lowest BCUT2D eigenvalue weighted by atomic mass is 9.76. The lowest BCUT2D eigenvalue weighted by molar-refractivity contribution is -0.0578. The molecule has 1 aliphatic carbocycles. The molecule has 2 aliphatic rings. The molecular weight excluding hydrogens is 254 g/mol. The minimum atomic E-state index is -0.169. The standard InChI is InChI=1S/C16H23NO3/c1-18-11-5-6-13-14(17)10-16(20-15(13)8-11)7-3-4-12(9-16)19-2/h5-6,8,12,14H,3-4,7,9-10,17H2,1-2H3/t12?,14-,16?/m1/s1. The fourth-order valence-corrected chi connectivity index (χ4v) is 3.57. The molecule has 3 rings (SSSR count). The summed E-state index contributed by atoms with van der Waals surface area (Å²) in [5.41, 5.74) is 7.28. The Labute approximate surface area is 120 Å². The summed E-state index contributed by atoms with van der Waals surface area (Å²) >= 11 is 0. The Hall–Kier alpha value is -1.26. The lowest BCUT2D eigenvalue weighted by Gasteiger charge is -2.45. The van der Waals surface area contributed by atoms with E-state index in [1.807, 2.05) is 18.2 Å². The van der Waals surface area contributed by atoms with Crippen LogP contribution >= 0.6 is 0 Å². The van der Waals surface area contributed by atoms with E-state index in [4.69, 9.17) is 19.9 Å². The minimum absolute atomic E-state index is 0.0280. The van der Waals surface area contributed by atoms with Crippen LogP contribution in [0.4, 0.5) is 0 Å². The first-order valence-corrected chi connectivity index (χ1v) is 7.31. The van der Waals surface area contributed by atoms with Crippen molar-refractivity contribution in [3.05, 3.63) is 23.8 Å². The first kappa shape index (κ1) is 13.7. The summed E-state index contributed by atoms with van der Waals surface area (Å²) in [5, 5.41) is 0. The van der Waals surface area contributed by atoms with Crippen molar-refractivity contribution < 1.29 is 14.2 Å². The van der Waals surface area contributed by atoms with Crippen LogP contribution in [0.2, 0.25) is 0 Å². The van der Waals surface area contributed by atoms with Crippen LogP contribution in [0.25, 0.3) is 0 Å². The Morgan fingerprint density at radius 2 is 2.15 bits per heavy atom. The van der Waals surface area contributed by atoms with Crippen molar-refractivity contribution in [1.29, 1.82) is 0 Å². The molecular formula is C16H23NO3. The molecule has 2 N–H and O–H groups in total. The number of nitrogens with two attached hydrogens (primary N) is 1. The molecule has 1 spiro atoms. The molecule has 4 nitrogen and oxygen atoms in total. The van der Waals surface area contributed by atoms with Gasteiger partial charge in [0.2, 0.25) is 0 Å². The van der Waals surface area contributed by atoms with Gasteiger partial charge in [0.25, 0.3) is 0 Å². The molecule has 20 heavy (non-hydrogen) atoms. The highest BCUT2D eigenvalue weighted by atomic mass is 16.5. The monoisotopic (exact) mass is 277 g/mol. The molecule has 1 aromatic carbocycles. The summed E-state index contributed by atoms with van der Waals surface area (Å²) in [7, 11) is 3.45. The summed E-state index contributed by atoms with van der Waals surface area (Å²) in [6.45, 7) is 0. The summed E-state index contributed by atoms with van der Waals surface area (Å²) in [4.78, 5) is 0. The average Bonchev–Trinajstić information content (AvgIpc) is 2.46. The van der Waals surface area contributed by atoms with Crippen LogP contribution in [0.1, 0.15) is 43.7 Å². The van der Waals surface area contributed by atoms with E-state index in [-0.39, 0.29) is 17.7 Å². The molecule has 2 unspecified atom stereocenters. The number of hydrogen-bond acceptors (Lipinski definition) is 4. The maximum absolute atomic E-state index is 6.37. The average molecular weight is 277 g/mol. The molecule has 0 aromatic heterocycles. The second-order valence-electron chi connectivity index (χ2n) is 5.95. The lowest BCUT2D eigenvalue weighted by Crippen LogP contribution is -2.48. The molecule has 3 atom stereocenters. The van der Waals surface area contributed by atoms with Gasteiger partial charge in [0, 0.05) is 37.6 Å². The molecule has 4 heteroatoms. The van der Waals surface area contributed by atoms with Gasteiger partial charge in [-0.25, -0.2) is 0 Å². The van der Waals surface area contributed by atoms with E-state index in [9.17, 15) is 0 Å². The van der Waals surface area contributed by atoms with Crippen molar-refractivity contribution in [2.45, 2.75) is 49.9 Å². The smallest absolute Gasteiger partial charge is 0.128 e. The maximum atomic E-state index is 6.37. The highest BCUT2D eigenvalue weighted by molar-refractivity contribution is 5.44. The normalized spacial score (nSPS) is 32.5. The van der Waals surface area contributed by atoms with Crippen molar-refractivity contribution in [1.82, 2.24) is 0 Å². The van der Waals surface area contributed by atoms with Crippen LogP contribution in [0.3, 0.4) is 0 Å². The number of benzene rings is 1. The Morgan fingerprint density at radius 1 is 1.30 bits per heavy atom. The van der Waals surface area contributed by atoms with Crippen molar-refractivity contribution in [3.8, 4) is 11.5 Å². The highest BCUT2D eigenvalue weighted by Crippen LogP contribution is 2.46. The van der Waals surface area contributed by atoms with Gasteiger partial charge in [0.1, 0.15) is 17.1 Å². The second-order valence-corrected chi connectivity index (χ2v) is 5.95. The SMILES string of the molecule is COc1ccc2c(c1)OC1(CCCC(OC)C1)C[C@H]2N. The van der Waals surface area contributed by atoms with Crippen molar-refractivity contribution in [2.24, 2.45) is 5.73 Å². The minimum Gasteiger partial charge on any atom is -0.497 e. The first-order chi connectivity index (χ1) is 9.65. The van der Waals surface area contributed by atoms with Gasteiger partial charge in [-0.2, -0.15) is 0 Å². The van der Waals surface area contributed by atoms with Crippen LogP contribution in [-0.2, 0) is 4.74 Å². The predicted molar refractivity (Wildman–Crippen MR) is 77.2 cm³/mol.